The maximum absolute atomic E-state index is 11.3. The van der Waals surface area contributed by atoms with Crippen molar-refractivity contribution >= 4 is 24.0 Å². The fourth-order valence-electron chi connectivity index (χ4n) is 3.42. The van der Waals surface area contributed by atoms with Crippen molar-refractivity contribution < 1.29 is 4.79 Å². The molecule has 3 rings (SSSR count). The van der Waals surface area contributed by atoms with Crippen molar-refractivity contribution in [3.05, 3.63) is 65.2 Å². The summed E-state index contributed by atoms with van der Waals surface area (Å²) in [6, 6.07) is 17.5. The van der Waals surface area contributed by atoms with Crippen molar-refractivity contribution in [3.8, 4) is 0 Å². The van der Waals surface area contributed by atoms with E-state index in [9.17, 15) is 4.79 Å². The fourth-order valence-corrected chi connectivity index (χ4v) is 3.42. The molecule has 0 aromatic heterocycles. The molecule has 1 unspecified atom stereocenters. The van der Waals surface area contributed by atoms with Crippen LogP contribution in [0, 0.1) is 0 Å². The predicted octanol–water partition coefficient (Wildman–Crippen LogP) is 3.78. The van der Waals surface area contributed by atoms with Gasteiger partial charge in [-0.2, -0.15) is 0 Å². The Morgan fingerprint density at radius 2 is 1.96 bits per heavy atom. The average molecular weight is 374 g/mol. The molecule has 140 valence electrons. The second-order valence-electron chi connectivity index (χ2n) is 6.67. The van der Waals surface area contributed by atoms with Gasteiger partial charge in [-0.05, 0) is 35.2 Å². The smallest absolute Gasteiger partial charge is 0.221 e. The fraction of sp³-hybridized carbons (Fsp3) is 0.381. The van der Waals surface area contributed by atoms with Gasteiger partial charge in [0.15, 0.2) is 0 Å². The molecule has 2 N–H and O–H groups in total. The molecule has 2 aromatic carbocycles. The number of rotatable bonds is 5. The minimum atomic E-state index is -0.0341. The van der Waals surface area contributed by atoms with Crippen molar-refractivity contribution in [1.29, 1.82) is 0 Å². The Balaban J connectivity index is 0.00000243. The molecule has 0 saturated carbocycles. The molecular weight excluding hydrogens is 346 g/mol. The van der Waals surface area contributed by atoms with Gasteiger partial charge in [-0.1, -0.05) is 43.3 Å². The third kappa shape index (κ3) is 5.31. The van der Waals surface area contributed by atoms with E-state index in [0.29, 0.717) is 6.04 Å². The van der Waals surface area contributed by atoms with E-state index in [0.717, 1.165) is 38.3 Å². The summed E-state index contributed by atoms with van der Waals surface area (Å²) in [4.78, 5) is 13.8. The normalized spacial score (nSPS) is 17.4. The van der Waals surface area contributed by atoms with E-state index in [4.69, 9.17) is 0 Å². The van der Waals surface area contributed by atoms with Gasteiger partial charge in [0.2, 0.25) is 5.91 Å². The van der Waals surface area contributed by atoms with Gasteiger partial charge >= 0.3 is 0 Å². The third-order valence-corrected chi connectivity index (χ3v) is 4.76. The Bertz CT molecular complexity index is 717. The van der Waals surface area contributed by atoms with Crippen LogP contribution in [-0.2, 0) is 17.8 Å². The average Bonchev–Trinajstić information content (AvgIpc) is 2.62. The van der Waals surface area contributed by atoms with Crippen LogP contribution in [0.2, 0.25) is 0 Å². The van der Waals surface area contributed by atoms with Gasteiger partial charge in [-0.25, -0.2) is 0 Å². The molecule has 0 aliphatic carbocycles. The zero-order valence-electron chi connectivity index (χ0n) is 15.5. The second-order valence-corrected chi connectivity index (χ2v) is 6.67. The monoisotopic (exact) mass is 373 g/mol. The number of aryl methyl sites for hydroxylation is 1. The minimum absolute atomic E-state index is 0. The second kappa shape index (κ2) is 9.72. The van der Waals surface area contributed by atoms with Crippen molar-refractivity contribution in [2.45, 2.75) is 32.9 Å². The van der Waals surface area contributed by atoms with E-state index in [-0.39, 0.29) is 18.3 Å². The minimum Gasteiger partial charge on any atom is -0.326 e. The summed E-state index contributed by atoms with van der Waals surface area (Å²) in [7, 11) is 0. The third-order valence-electron chi connectivity index (χ3n) is 4.76. The number of benzene rings is 2. The lowest BCUT2D eigenvalue weighted by Gasteiger charge is -2.36. The van der Waals surface area contributed by atoms with Crippen LogP contribution in [0.25, 0.3) is 0 Å². The van der Waals surface area contributed by atoms with Crippen LogP contribution in [-0.4, -0.2) is 30.4 Å². The van der Waals surface area contributed by atoms with Crippen molar-refractivity contribution in [2.75, 3.05) is 25.0 Å². The molecule has 4 nitrogen and oxygen atoms in total. The number of amides is 1. The van der Waals surface area contributed by atoms with E-state index in [1.165, 1.54) is 16.7 Å². The maximum atomic E-state index is 11.3. The van der Waals surface area contributed by atoms with Crippen molar-refractivity contribution in [2.24, 2.45) is 0 Å². The summed E-state index contributed by atoms with van der Waals surface area (Å²) >= 11 is 0. The van der Waals surface area contributed by atoms with Gasteiger partial charge in [0.25, 0.3) is 0 Å². The lowest BCUT2D eigenvalue weighted by molar-refractivity contribution is -0.114. The number of nitrogens with zero attached hydrogens (tertiary/aromatic N) is 1. The number of anilines is 1. The number of carbonyl (C=O) groups is 1. The molecule has 2 aromatic rings. The number of piperazine rings is 1. The zero-order valence-corrected chi connectivity index (χ0v) is 16.3. The Morgan fingerprint density at radius 3 is 2.65 bits per heavy atom. The first-order chi connectivity index (χ1) is 12.2. The molecule has 26 heavy (non-hydrogen) atoms. The Labute approximate surface area is 162 Å². The first kappa shape index (κ1) is 20.4. The van der Waals surface area contributed by atoms with Gasteiger partial charge in [-0.15, -0.1) is 12.4 Å². The van der Waals surface area contributed by atoms with Crippen LogP contribution in [0.4, 0.5) is 5.69 Å². The molecule has 0 bridgehead atoms. The Hall–Kier alpha value is -1.88. The first-order valence-corrected chi connectivity index (χ1v) is 9.06. The molecule has 1 aliphatic heterocycles. The molecule has 1 fully saturated rings. The molecule has 1 amide bonds. The van der Waals surface area contributed by atoms with E-state index in [1.54, 1.807) is 6.92 Å². The Morgan fingerprint density at radius 1 is 1.19 bits per heavy atom. The Kier molecular flexibility index (Phi) is 7.64. The molecule has 1 atom stereocenters. The number of carbonyl (C=O) groups excluding carboxylic acids is 1. The van der Waals surface area contributed by atoms with E-state index >= 15 is 0 Å². The highest BCUT2D eigenvalue weighted by Crippen LogP contribution is 2.25. The molecule has 5 heteroatoms. The van der Waals surface area contributed by atoms with Crippen molar-refractivity contribution in [3.63, 3.8) is 0 Å². The van der Waals surface area contributed by atoms with Crippen molar-refractivity contribution in [1.82, 2.24) is 10.2 Å². The molecular formula is C21H28ClN3O. The zero-order chi connectivity index (χ0) is 17.6. The highest BCUT2D eigenvalue weighted by atomic mass is 35.5. The van der Waals surface area contributed by atoms with Crippen LogP contribution >= 0.6 is 12.4 Å². The summed E-state index contributed by atoms with van der Waals surface area (Å²) in [5, 5.41) is 6.38. The van der Waals surface area contributed by atoms with E-state index in [1.807, 2.05) is 12.1 Å². The van der Waals surface area contributed by atoms with Crippen LogP contribution in [0.15, 0.2) is 48.5 Å². The van der Waals surface area contributed by atoms with Gasteiger partial charge in [0.05, 0.1) is 0 Å². The van der Waals surface area contributed by atoms with Crippen LogP contribution in [0.1, 0.15) is 36.6 Å². The molecule has 0 radical (unpaired) electrons. The quantitative estimate of drug-likeness (QED) is 0.838. The molecule has 1 aliphatic rings. The van der Waals surface area contributed by atoms with Gasteiger partial charge < -0.3 is 10.6 Å². The summed E-state index contributed by atoms with van der Waals surface area (Å²) < 4.78 is 0. The number of hydrogen-bond acceptors (Lipinski definition) is 3. The molecule has 1 heterocycles. The van der Waals surface area contributed by atoms with Crippen LogP contribution < -0.4 is 10.6 Å². The summed E-state index contributed by atoms with van der Waals surface area (Å²) in [6.07, 6.45) is 1.07. The summed E-state index contributed by atoms with van der Waals surface area (Å²) in [5.74, 6) is -0.0341. The standard InChI is InChI=1S/C21H27N3O.ClH/c1-3-17-7-9-19(10-8-17)21-14-22-11-12-24(21)15-18-5-4-6-20(13-18)23-16(2)25;/h4-10,13,21-22H,3,11-12,14-15H2,1-2H3,(H,23,25);1H. The summed E-state index contributed by atoms with van der Waals surface area (Å²) in [6.45, 7) is 7.61. The van der Waals surface area contributed by atoms with Gasteiger partial charge in [0.1, 0.15) is 0 Å². The molecule has 0 spiro atoms. The highest BCUT2D eigenvalue weighted by Gasteiger charge is 2.23. The summed E-state index contributed by atoms with van der Waals surface area (Å²) in [5.41, 5.74) is 4.83. The van der Waals surface area contributed by atoms with Gasteiger partial charge in [-0.3, -0.25) is 9.69 Å². The maximum Gasteiger partial charge on any atom is 0.221 e. The lowest BCUT2D eigenvalue weighted by Crippen LogP contribution is -2.45. The van der Waals surface area contributed by atoms with Crippen LogP contribution in [0.5, 0.6) is 0 Å². The topological polar surface area (TPSA) is 44.4 Å². The van der Waals surface area contributed by atoms with Crippen LogP contribution in [0.3, 0.4) is 0 Å². The van der Waals surface area contributed by atoms with E-state index < -0.39 is 0 Å². The molecule has 1 saturated heterocycles. The number of nitrogens with one attached hydrogen (secondary N) is 2. The highest BCUT2D eigenvalue weighted by molar-refractivity contribution is 5.88. The number of halogens is 1. The SMILES string of the molecule is CCc1ccc(C2CNCCN2Cc2cccc(NC(C)=O)c2)cc1.Cl. The largest absolute Gasteiger partial charge is 0.326 e. The number of hydrogen-bond donors (Lipinski definition) is 2. The predicted molar refractivity (Wildman–Crippen MR) is 110 cm³/mol. The lowest BCUT2D eigenvalue weighted by atomic mass is 10.00. The van der Waals surface area contributed by atoms with Gasteiger partial charge in [0, 0.05) is 44.8 Å². The van der Waals surface area contributed by atoms with E-state index in [2.05, 4.69) is 58.9 Å². The first-order valence-electron chi connectivity index (χ1n) is 9.06.